The highest BCUT2D eigenvalue weighted by Gasteiger charge is 2.23. The number of nitrogens with zero attached hydrogens (tertiary/aromatic N) is 2. The van der Waals surface area contributed by atoms with E-state index in [1.165, 1.54) is 0 Å². The smallest absolute Gasteiger partial charge is 0.247 e. The summed E-state index contributed by atoms with van der Waals surface area (Å²) in [6.45, 7) is 2.74. The molecule has 1 heterocycles. The monoisotopic (exact) mass is 372 g/mol. The fraction of sp³-hybridized carbons (Fsp3) is 0.261. The molecule has 0 radical (unpaired) electrons. The number of carbonyl (C=O) groups excluding carboxylic acids is 1. The minimum atomic E-state index is -0.445. The number of amides is 1. The van der Waals surface area contributed by atoms with Crippen LogP contribution in [0.1, 0.15) is 36.8 Å². The predicted octanol–water partition coefficient (Wildman–Crippen LogP) is 3.93. The van der Waals surface area contributed by atoms with Gasteiger partial charge >= 0.3 is 0 Å². The summed E-state index contributed by atoms with van der Waals surface area (Å²) >= 11 is 0. The number of anilines is 1. The summed E-state index contributed by atoms with van der Waals surface area (Å²) in [6, 6.07) is 14.7. The normalized spacial score (nSPS) is 15.2. The molecule has 1 amide bonds. The van der Waals surface area contributed by atoms with E-state index < -0.39 is 6.04 Å². The molecule has 28 heavy (non-hydrogen) atoms. The quantitative estimate of drug-likeness (QED) is 0.772. The summed E-state index contributed by atoms with van der Waals surface area (Å²) in [5.41, 5.74) is 2.75. The average molecular weight is 372 g/mol. The van der Waals surface area contributed by atoms with Gasteiger partial charge in [0.05, 0.1) is 11.6 Å². The molecule has 2 atom stereocenters. The molecule has 0 bridgehead atoms. The Balaban J connectivity index is 1.69. The first-order chi connectivity index (χ1) is 13.7. The molecule has 0 spiro atoms. The molecule has 1 aliphatic carbocycles. The lowest BCUT2D eigenvalue weighted by Crippen LogP contribution is -2.43. The van der Waals surface area contributed by atoms with Gasteiger partial charge in [-0.1, -0.05) is 43.4 Å². The molecule has 0 saturated carbocycles. The first-order valence-electron chi connectivity index (χ1n) is 9.49. The Morgan fingerprint density at radius 1 is 1.21 bits per heavy atom. The van der Waals surface area contributed by atoms with Crippen molar-refractivity contribution in [2.45, 2.75) is 31.7 Å². The number of aromatic nitrogens is 1. The van der Waals surface area contributed by atoms with Crippen LogP contribution in [0.15, 0.2) is 72.5 Å². The van der Waals surface area contributed by atoms with Gasteiger partial charge in [0.2, 0.25) is 5.91 Å². The molecule has 0 aliphatic heterocycles. The highest BCUT2D eigenvalue weighted by molar-refractivity contribution is 5.96. The van der Waals surface area contributed by atoms with E-state index in [0.29, 0.717) is 17.9 Å². The molecular formula is C23H24N4O. The summed E-state index contributed by atoms with van der Waals surface area (Å²) in [5, 5.41) is 15.3. The van der Waals surface area contributed by atoms with E-state index in [1.807, 2.05) is 42.5 Å². The summed E-state index contributed by atoms with van der Waals surface area (Å²) in [6.07, 6.45) is 9.83. The van der Waals surface area contributed by atoms with Crippen molar-refractivity contribution in [1.29, 1.82) is 5.26 Å². The van der Waals surface area contributed by atoms with Gasteiger partial charge in [-0.3, -0.25) is 4.79 Å². The van der Waals surface area contributed by atoms with Crippen molar-refractivity contribution in [3.05, 3.63) is 83.6 Å². The van der Waals surface area contributed by atoms with Gasteiger partial charge in [-0.2, -0.15) is 5.26 Å². The van der Waals surface area contributed by atoms with Gasteiger partial charge in [0.25, 0.3) is 0 Å². The van der Waals surface area contributed by atoms with Crippen LogP contribution >= 0.6 is 0 Å². The highest BCUT2D eigenvalue weighted by atomic mass is 16.2. The number of rotatable bonds is 7. The minimum Gasteiger partial charge on any atom is -0.309 e. The second-order valence-electron chi connectivity index (χ2n) is 6.86. The predicted molar refractivity (Wildman–Crippen MR) is 111 cm³/mol. The third kappa shape index (κ3) is 5.15. The molecule has 0 fully saturated rings. The van der Waals surface area contributed by atoms with Crippen LogP contribution in [0.4, 0.5) is 5.82 Å². The van der Waals surface area contributed by atoms with E-state index in [1.54, 1.807) is 12.3 Å². The summed E-state index contributed by atoms with van der Waals surface area (Å²) < 4.78 is 0. The molecule has 5 nitrogen and oxygen atoms in total. The number of pyridine rings is 1. The molecule has 2 aromatic rings. The fourth-order valence-corrected chi connectivity index (χ4v) is 3.14. The van der Waals surface area contributed by atoms with Crippen LogP contribution < -0.4 is 10.6 Å². The Morgan fingerprint density at radius 2 is 2.04 bits per heavy atom. The van der Waals surface area contributed by atoms with Crippen LogP contribution in [0.3, 0.4) is 0 Å². The van der Waals surface area contributed by atoms with Crippen molar-refractivity contribution < 1.29 is 4.79 Å². The summed E-state index contributed by atoms with van der Waals surface area (Å²) in [5.74, 6) is 0.620. The molecule has 1 aromatic heterocycles. The van der Waals surface area contributed by atoms with E-state index in [4.69, 9.17) is 5.26 Å². The summed E-state index contributed by atoms with van der Waals surface area (Å²) in [7, 11) is 0. The zero-order chi connectivity index (χ0) is 19.8. The average Bonchev–Trinajstić information content (AvgIpc) is 2.75. The van der Waals surface area contributed by atoms with Crippen LogP contribution in [0.2, 0.25) is 0 Å². The molecule has 2 N–H and O–H groups in total. The van der Waals surface area contributed by atoms with Crippen molar-refractivity contribution in [1.82, 2.24) is 10.3 Å². The van der Waals surface area contributed by atoms with E-state index in [-0.39, 0.29) is 11.8 Å². The number of nitriles is 1. The zero-order valence-electron chi connectivity index (χ0n) is 15.9. The Kier molecular flexibility index (Phi) is 6.72. The minimum absolute atomic E-state index is 0.122. The van der Waals surface area contributed by atoms with Crippen LogP contribution in [0, 0.1) is 11.3 Å². The first-order valence-corrected chi connectivity index (χ1v) is 9.49. The van der Waals surface area contributed by atoms with Gasteiger partial charge < -0.3 is 10.6 Å². The maximum Gasteiger partial charge on any atom is 0.247 e. The lowest BCUT2D eigenvalue weighted by atomic mass is 9.96. The molecular weight excluding hydrogens is 348 g/mol. The van der Waals surface area contributed by atoms with Crippen molar-refractivity contribution in [2.24, 2.45) is 0 Å². The number of benzene rings is 1. The molecule has 1 aliphatic rings. The van der Waals surface area contributed by atoms with E-state index >= 15 is 0 Å². The van der Waals surface area contributed by atoms with E-state index in [0.717, 1.165) is 24.0 Å². The van der Waals surface area contributed by atoms with Gasteiger partial charge in [0.1, 0.15) is 11.9 Å². The number of hydrogen-bond donors (Lipinski definition) is 2. The maximum absolute atomic E-state index is 12.9. The third-order valence-electron chi connectivity index (χ3n) is 4.77. The molecule has 142 valence electrons. The van der Waals surface area contributed by atoms with Crippen molar-refractivity contribution in [2.75, 3.05) is 11.9 Å². The van der Waals surface area contributed by atoms with Crippen LogP contribution in [-0.4, -0.2) is 23.5 Å². The molecule has 5 heteroatoms. The lowest BCUT2D eigenvalue weighted by molar-refractivity contribution is -0.117. The van der Waals surface area contributed by atoms with Crippen LogP contribution in [0.25, 0.3) is 0 Å². The Bertz CT molecular complexity index is 894. The second-order valence-corrected chi connectivity index (χ2v) is 6.86. The fourth-order valence-electron chi connectivity index (χ4n) is 3.14. The molecule has 1 aromatic carbocycles. The van der Waals surface area contributed by atoms with Crippen LogP contribution in [0.5, 0.6) is 0 Å². The van der Waals surface area contributed by atoms with E-state index in [9.17, 15) is 4.79 Å². The number of carbonyl (C=O) groups is 1. The van der Waals surface area contributed by atoms with Gasteiger partial charge in [-0.15, -0.1) is 0 Å². The number of hydrogen-bond acceptors (Lipinski definition) is 4. The maximum atomic E-state index is 12.9. The highest BCUT2D eigenvalue weighted by Crippen LogP contribution is 2.18. The Labute approximate surface area is 165 Å². The Morgan fingerprint density at radius 3 is 2.68 bits per heavy atom. The van der Waals surface area contributed by atoms with Gasteiger partial charge in [-0.25, -0.2) is 4.98 Å². The van der Waals surface area contributed by atoms with E-state index in [2.05, 4.69) is 40.8 Å². The molecule has 3 rings (SSSR count). The third-order valence-corrected chi connectivity index (χ3v) is 4.77. The lowest BCUT2D eigenvalue weighted by Gasteiger charge is -2.23. The molecule has 0 saturated heterocycles. The Hall–Kier alpha value is -3.23. The van der Waals surface area contributed by atoms with Gasteiger partial charge in [0.15, 0.2) is 0 Å². The van der Waals surface area contributed by atoms with Gasteiger partial charge in [-0.05, 0) is 54.2 Å². The zero-order valence-corrected chi connectivity index (χ0v) is 15.9. The SMILES string of the molecule is CC(CNC(C(=O)Nc1ccccn1)C1=CCCC=C1)c1ccc(C#N)cc1. The topological polar surface area (TPSA) is 77.8 Å². The summed E-state index contributed by atoms with van der Waals surface area (Å²) in [4.78, 5) is 17.1. The van der Waals surface area contributed by atoms with Gasteiger partial charge in [0, 0.05) is 12.7 Å². The number of nitrogens with one attached hydrogen (secondary N) is 2. The van der Waals surface area contributed by atoms with Crippen LogP contribution in [-0.2, 0) is 4.79 Å². The van der Waals surface area contributed by atoms with Crippen molar-refractivity contribution >= 4 is 11.7 Å². The van der Waals surface area contributed by atoms with Crippen molar-refractivity contribution in [3.8, 4) is 6.07 Å². The molecule has 2 unspecified atom stereocenters. The van der Waals surface area contributed by atoms with Crippen molar-refractivity contribution in [3.63, 3.8) is 0 Å². The first kappa shape index (κ1) is 19.5. The largest absolute Gasteiger partial charge is 0.309 e. The second kappa shape index (κ2) is 9.63. The number of allylic oxidation sites excluding steroid dienone is 2. The standard InChI is InChI=1S/C23H24N4O/c1-17(19-12-10-18(15-24)11-13-19)16-26-22(20-7-3-2-4-8-20)23(28)27-21-9-5-6-14-25-21/h3,5-14,17,22,26H,2,4,16H2,1H3,(H,25,27,28).